The number of nitrogens with zero attached hydrogens (tertiary/aromatic N) is 3. The van der Waals surface area contributed by atoms with Crippen molar-refractivity contribution in [3.8, 4) is 17.2 Å². The zero-order chi connectivity index (χ0) is 28.4. The van der Waals surface area contributed by atoms with Gasteiger partial charge >= 0.3 is 6.03 Å². The number of carbonyl (C=O) groups is 2. The largest absolute Gasteiger partial charge is 0.497 e. The lowest BCUT2D eigenvalue weighted by molar-refractivity contribution is -0.119. The minimum atomic E-state index is -0.434. The van der Waals surface area contributed by atoms with Gasteiger partial charge in [-0.05, 0) is 55.8 Å². The summed E-state index contributed by atoms with van der Waals surface area (Å²) in [5, 5.41) is 3.48. The van der Waals surface area contributed by atoms with Gasteiger partial charge in [0.2, 0.25) is 5.91 Å². The maximum absolute atomic E-state index is 14.3. The van der Waals surface area contributed by atoms with E-state index in [2.05, 4.69) is 9.88 Å². The van der Waals surface area contributed by atoms with Gasteiger partial charge < -0.3 is 24.3 Å². The van der Waals surface area contributed by atoms with Gasteiger partial charge in [-0.25, -0.2) is 4.79 Å². The van der Waals surface area contributed by atoms with Crippen LogP contribution in [-0.4, -0.2) is 48.2 Å². The van der Waals surface area contributed by atoms with Gasteiger partial charge in [0, 0.05) is 41.1 Å². The van der Waals surface area contributed by atoms with Gasteiger partial charge in [0.05, 0.1) is 31.3 Å². The number of urea groups is 1. The minimum Gasteiger partial charge on any atom is -0.497 e. The highest BCUT2D eigenvalue weighted by molar-refractivity contribution is 6.30. The van der Waals surface area contributed by atoms with Gasteiger partial charge in [-0.15, -0.1) is 0 Å². The predicted molar refractivity (Wildman–Crippen MR) is 157 cm³/mol. The molecule has 0 saturated carbocycles. The van der Waals surface area contributed by atoms with E-state index in [4.69, 9.17) is 21.1 Å². The van der Waals surface area contributed by atoms with Crippen molar-refractivity contribution in [1.82, 2.24) is 9.47 Å². The van der Waals surface area contributed by atoms with E-state index in [-0.39, 0.29) is 18.5 Å². The summed E-state index contributed by atoms with van der Waals surface area (Å²) in [6.45, 7) is 3.61. The quantitative estimate of drug-likeness (QED) is 0.280. The number of para-hydroxylation sites is 2. The normalized spacial score (nSPS) is 13.8. The Morgan fingerprint density at radius 3 is 2.27 bits per heavy atom. The summed E-state index contributed by atoms with van der Waals surface area (Å²) < 4.78 is 12.8. The van der Waals surface area contributed by atoms with Gasteiger partial charge in [-0.3, -0.25) is 9.69 Å². The molecule has 5 rings (SSSR count). The summed E-state index contributed by atoms with van der Waals surface area (Å²) in [6, 6.07) is 23.3. The number of carbonyl (C=O) groups excluding carboxylic acids is 2. The van der Waals surface area contributed by atoms with Gasteiger partial charge in [0.1, 0.15) is 24.1 Å². The number of nitrogens with one attached hydrogen (secondary N) is 1. The second kappa shape index (κ2) is 11.4. The highest BCUT2D eigenvalue weighted by Crippen LogP contribution is 2.42. The van der Waals surface area contributed by atoms with Crippen LogP contribution in [0, 0.1) is 0 Å². The summed E-state index contributed by atoms with van der Waals surface area (Å²) in [4.78, 5) is 31.1. The number of amides is 3. The zero-order valence-electron chi connectivity index (χ0n) is 22.8. The number of ether oxygens (including phenoxy) is 2. The molecule has 9 heteroatoms. The number of hydrogen-bond acceptors (Lipinski definition) is 4. The molecule has 3 amide bonds. The number of anilines is 2. The number of halogens is 1. The van der Waals surface area contributed by atoms with Crippen LogP contribution < -0.4 is 19.7 Å². The average molecular weight is 559 g/mol. The highest BCUT2D eigenvalue weighted by atomic mass is 35.5. The number of benzene rings is 3. The SMILES string of the molecule is COc1cc(NC(=O)N(CC(=O)N2c3ccccc3-n3cccc3C2c2cccc(Cl)c2)C(C)C)cc(OC)c1. The molecule has 0 saturated heterocycles. The van der Waals surface area contributed by atoms with Crippen molar-refractivity contribution in [1.29, 1.82) is 0 Å². The third-order valence-corrected chi connectivity index (χ3v) is 7.18. The first kappa shape index (κ1) is 27.1. The van der Waals surface area contributed by atoms with Crippen LogP contribution in [0.25, 0.3) is 5.69 Å². The topological polar surface area (TPSA) is 76.0 Å². The standard InChI is InChI=1S/C31H31ClN4O4/c1-20(2)35(31(38)33-23-16-24(39-3)18-25(17-23)40-4)19-29(37)36-27-12-6-5-11-26(27)34-14-8-13-28(34)30(36)21-9-7-10-22(32)15-21/h5-18,20,30H,19H2,1-4H3,(H,33,38). The molecule has 0 spiro atoms. The summed E-state index contributed by atoms with van der Waals surface area (Å²) in [7, 11) is 3.09. The lowest BCUT2D eigenvalue weighted by Crippen LogP contribution is -2.49. The number of fused-ring (bicyclic) bond motifs is 3. The van der Waals surface area contributed by atoms with Crippen LogP contribution in [-0.2, 0) is 4.79 Å². The van der Waals surface area contributed by atoms with Gasteiger partial charge in [0.25, 0.3) is 0 Å². The molecule has 0 radical (unpaired) electrons. The summed E-state index contributed by atoms with van der Waals surface area (Å²) in [5.41, 5.74) is 3.94. The Morgan fingerprint density at radius 1 is 0.925 bits per heavy atom. The molecule has 8 nitrogen and oxygen atoms in total. The van der Waals surface area contributed by atoms with E-state index in [0.717, 1.165) is 22.6 Å². The van der Waals surface area contributed by atoms with Crippen LogP contribution in [0.4, 0.5) is 16.2 Å². The molecule has 1 aromatic heterocycles. The van der Waals surface area contributed by atoms with E-state index < -0.39 is 12.1 Å². The monoisotopic (exact) mass is 558 g/mol. The lowest BCUT2D eigenvalue weighted by Gasteiger charge is -2.40. The molecule has 40 heavy (non-hydrogen) atoms. The van der Waals surface area contributed by atoms with Crippen LogP contribution in [0.5, 0.6) is 11.5 Å². The predicted octanol–water partition coefficient (Wildman–Crippen LogP) is 6.53. The zero-order valence-corrected chi connectivity index (χ0v) is 23.6. The third kappa shape index (κ3) is 5.22. The molecule has 1 aliphatic heterocycles. The Balaban J connectivity index is 1.50. The van der Waals surface area contributed by atoms with E-state index in [1.807, 2.05) is 80.7 Å². The van der Waals surface area contributed by atoms with Crippen LogP contribution in [0.3, 0.4) is 0 Å². The molecule has 2 heterocycles. The summed E-state index contributed by atoms with van der Waals surface area (Å²) in [5.74, 6) is 0.857. The van der Waals surface area contributed by atoms with Gasteiger partial charge in [0.15, 0.2) is 0 Å². The Labute approximate surface area is 238 Å². The first-order chi connectivity index (χ1) is 19.3. The summed E-state index contributed by atoms with van der Waals surface area (Å²) in [6.07, 6.45) is 1.99. The van der Waals surface area contributed by atoms with Crippen LogP contribution >= 0.6 is 11.6 Å². The first-order valence-electron chi connectivity index (χ1n) is 13.0. The van der Waals surface area contributed by atoms with Crippen molar-refractivity contribution in [3.05, 3.63) is 101 Å². The van der Waals surface area contributed by atoms with E-state index in [1.165, 1.54) is 4.90 Å². The number of hydrogen-bond donors (Lipinski definition) is 1. The van der Waals surface area contributed by atoms with Crippen molar-refractivity contribution in [2.24, 2.45) is 0 Å². The molecule has 206 valence electrons. The Bertz CT molecular complexity index is 1530. The molecule has 1 N–H and O–H groups in total. The fourth-order valence-electron chi connectivity index (χ4n) is 5.04. The fraction of sp³-hybridized carbons (Fsp3) is 0.226. The Morgan fingerprint density at radius 2 is 1.62 bits per heavy atom. The van der Waals surface area contributed by atoms with Gasteiger partial charge in [-0.1, -0.05) is 35.9 Å². The van der Waals surface area contributed by atoms with Crippen molar-refractivity contribution in [3.63, 3.8) is 0 Å². The fourth-order valence-corrected chi connectivity index (χ4v) is 5.24. The smallest absolute Gasteiger partial charge is 0.322 e. The van der Waals surface area contributed by atoms with Gasteiger partial charge in [-0.2, -0.15) is 0 Å². The lowest BCUT2D eigenvalue weighted by atomic mass is 9.97. The average Bonchev–Trinajstić information content (AvgIpc) is 3.44. The molecular formula is C31H31ClN4O4. The first-order valence-corrected chi connectivity index (χ1v) is 13.3. The Kier molecular flexibility index (Phi) is 7.71. The highest BCUT2D eigenvalue weighted by Gasteiger charge is 2.37. The van der Waals surface area contributed by atoms with Crippen LogP contribution in [0.2, 0.25) is 5.02 Å². The maximum Gasteiger partial charge on any atom is 0.322 e. The summed E-state index contributed by atoms with van der Waals surface area (Å²) >= 11 is 6.39. The molecule has 3 aromatic carbocycles. The number of methoxy groups -OCH3 is 2. The molecule has 0 fully saturated rings. The van der Waals surface area contributed by atoms with E-state index in [9.17, 15) is 9.59 Å². The van der Waals surface area contributed by atoms with Crippen LogP contribution in [0.15, 0.2) is 85.1 Å². The molecule has 0 bridgehead atoms. The van der Waals surface area contributed by atoms with E-state index in [1.54, 1.807) is 37.3 Å². The van der Waals surface area contributed by atoms with E-state index in [0.29, 0.717) is 22.2 Å². The second-order valence-electron chi connectivity index (χ2n) is 9.77. The molecule has 1 aliphatic rings. The number of rotatable bonds is 7. The molecule has 0 aliphatic carbocycles. The van der Waals surface area contributed by atoms with E-state index >= 15 is 0 Å². The molecule has 4 aromatic rings. The molecular weight excluding hydrogens is 528 g/mol. The van der Waals surface area contributed by atoms with Crippen molar-refractivity contribution in [2.75, 3.05) is 31.0 Å². The van der Waals surface area contributed by atoms with Crippen LogP contribution in [0.1, 0.15) is 31.1 Å². The molecule has 1 unspecified atom stereocenters. The Hall–Kier alpha value is -4.43. The number of aromatic nitrogens is 1. The van der Waals surface area contributed by atoms with Crippen molar-refractivity contribution in [2.45, 2.75) is 25.9 Å². The third-order valence-electron chi connectivity index (χ3n) is 6.95. The van der Waals surface area contributed by atoms with Crippen molar-refractivity contribution >= 4 is 34.9 Å². The van der Waals surface area contributed by atoms with Crippen molar-refractivity contribution < 1.29 is 19.1 Å². The minimum absolute atomic E-state index is 0.142. The maximum atomic E-state index is 14.3. The second-order valence-corrected chi connectivity index (χ2v) is 10.2. The molecule has 1 atom stereocenters.